The van der Waals surface area contributed by atoms with Crippen LogP contribution in [0.3, 0.4) is 0 Å². The number of halogens is 2. The molecular formula is C14H19BrClNO. The summed E-state index contributed by atoms with van der Waals surface area (Å²) in [6, 6.07) is 5.62. The monoisotopic (exact) mass is 331 g/mol. The van der Waals surface area contributed by atoms with Crippen LogP contribution in [0.1, 0.15) is 36.2 Å². The van der Waals surface area contributed by atoms with Crippen LogP contribution in [0.25, 0.3) is 0 Å². The number of nitrogens with one attached hydrogen (secondary N) is 1. The third-order valence-electron chi connectivity index (χ3n) is 2.64. The summed E-state index contributed by atoms with van der Waals surface area (Å²) in [6.07, 6.45) is 0.904. The lowest BCUT2D eigenvalue weighted by atomic mass is 10.1. The number of hydrogen-bond donors (Lipinski definition) is 1. The standard InChI is InChI=1S/C14H19BrClNO/c1-9(2)6-12(16)8-17-14(18)13-5-4-11(15)7-10(13)3/h4-5,7,9,12H,6,8H2,1-3H3,(H,17,18). The Morgan fingerprint density at radius 3 is 2.67 bits per heavy atom. The molecule has 0 bridgehead atoms. The molecule has 0 radical (unpaired) electrons. The van der Waals surface area contributed by atoms with Crippen LogP contribution in [-0.2, 0) is 0 Å². The van der Waals surface area contributed by atoms with Crippen LogP contribution < -0.4 is 5.32 Å². The quantitative estimate of drug-likeness (QED) is 0.807. The van der Waals surface area contributed by atoms with Crippen LogP contribution in [-0.4, -0.2) is 17.8 Å². The molecule has 0 spiro atoms. The Kier molecular flexibility index (Phi) is 6.16. The molecule has 1 amide bonds. The highest BCUT2D eigenvalue weighted by Gasteiger charge is 2.12. The molecule has 1 N–H and O–H groups in total. The Labute approximate surface area is 122 Å². The van der Waals surface area contributed by atoms with Gasteiger partial charge in [-0.15, -0.1) is 11.6 Å². The molecule has 0 heterocycles. The second-order valence-corrected chi connectivity index (χ2v) is 6.43. The number of carbonyl (C=O) groups is 1. The first-order chi connectivity index (χ1) is 8.40. The van der Waals surface area contributed by atoms with Crippen molar-refractivity contribution in [3.05, 3.63) is 33.8 Å². The largest absolute Gasteiger partial charge is 0.351 e. The van der Waals surface area contributed by atoms with Crippen molar-refractivity contribution in [3.63, 3.8) is 0 Å². The van der Waals surface area contributed by atoms with Crippen molar-refractivity contribution in [1.29, 1.82) is 0 Å². The first kappa shape index (κ1) is 15.5. The lowest BCUT2D eigenvalue weighted by molar-refractivity contribution is 0.0952. The van der Waals surface area contributed by atoms with Gasteiger partial charge >= 0.3 is 0 Å². The predicted molar refractivity (Wildman–Crippen MR) is 80.3 cm³/mol. The average molecular weight is 333 g/mol. The Hall–Kier alpha value is -0.540. The van der Waals surface area contributed by atoms with Crippen molar-refractivity contribution < 1.29 is 4.79 Å². The summed E-state index contributed by atoms with van der Waals surface area (Å²) >= 11 is 9.53. The van der Waals surface area contributed by atoms with Gasteiger partial charge in [0, 0.05) is 16.6 Å². The third-order valence-corrected chi connectivity index (χ3v) is 3.47. The fraction of sp³-hybridized carbons (Fsp3) is 0.500. The Balaban J connectivity index is 2.55. The van der Waals surface area contributed by atoms with Crippen molar-refractivity contribution >= 4 is 33.4 Å². The van der Waals surface area contributed by atoms with Crippen LogP contribution in [0.15, 0.2) is 22.7 Å². The molecule has 1 aromatic rings. The zero-order valence-corrected chi connectivity index (χ0v) is 13.3. The van der Waals surface area contributed by atoms with E-state index in [0.29, 0.717) is 18.0 Å². The Morgan fingerprint density at radius 1 is 1.44 bits per heavy atom. The molecule has 1 atom stereocenters. The average Bonchev–Trinajstić information content (AvgIpc) is 2.25. The van der Waals surface area contributed by atoms with Gasteiger partial charge in [-0.1, -0.05) is 29.8 Å². The van der Waals surface area contributed by atoms with E-state index in [1.54, 1.807) is 0 Å². The first-order valence-electron chi connectivity index (χ1n) is 6.08. The van der Waals surface area contributed by atoms with E-state index in [1.165, 1.54) is 0 Å². The van der Waals surface area contributed by atoms with Crippen LogP contribution in [0, 0.1) is 12.8 Å². The maximum Gasteiger partial charge on any atom is 0.251 e. The van der Waals surface area contributed by atoms with Gasteiger partial charge in [-0.25, -0.2) is 0 Å². The Morgan fingerprint density at radius 2 is 2.11 bits per heavy atom. The first-order valence-corrected chi connectivity index (χ1v) is 7.31. The van der Waals surface area contributed by atoms with Crippen molar-refractivity contribution in [2.45, 2.75) is 32.6 Å². The molecule has 0 aromatic heterocycles. The summed E-state index contributed by atoms with van der Waals surface area (Å²) in [7, 11) is 0. The summed E-state index contributed by atoms with van der Waals surface area (Å²) in [5.74, 6) is 0.480. The van der Waals surface area contributed by atoms with Crippen molar-refractivity contribution in [2.75, 3.05) is 6.54 Å². The van der Waals surface area contributed by atoms with E-state index < -0.39 is 0 Å². The van der Waals surface area contributed by atoms with E-state index >= 15 is 0 Å². The normalized spacial score (nSPS) is 12.6. The van der Waals surface area contributed by atoms with Crippen LogP contribution in [0.5, 0.6) is 0 Å². The van der Waals surface area contributed by atoms with Crippen molar-refractivity contribution in [2.24, 2.45) is 5.92 Å². The predicted octanol–water partition coefficient (Wildman–Crippen LogP) is 4.14. The van der Waals surface area contributed by atoms with Gasteiger partial charge in [0.15, 0.2) is 0 Å². The van der Waals surface area contributed by atoms with E-state index in [9.17, 15) is 4.79 Å². The molecule has 0 aliphatic heterocycles. The highest BCUT2D eigenvalue weighted by atomic mass is 79.9. The zero-order chi connectivity index (χ0) is 13.7. The fourth-order valence-corrected chi connectivity index (χ4v) is 2.68. The summed E-state index contributed by atoms with van der Waals surface area (Å²) in [6.45, 7) is 6.67. The van der Waals surface area contributed by atoms with Gasteiger partial charge in [0.2, 0.25) is 0 Å². The minimum absolute atomic E-state index is 0.00953. The number of alkyl halides is 1. The fourth-order valence-electron chi connectivity index (χ4n) is 1.78. The second kappa shape index (κ2) is 7.15. The van der Waals surface area contributed by atoms with Gasteiger partial charge in [0.05, 0.1) is 5.38 Å². The number of carbonyl (C=O) groups excluding carboxylic acids is 1. The number of benzene rings is 1. The highest BCUT2D eigenvalue weighted by Crippen LogP contribution is 2.16. The molecule has 1 unspecified atom stereocenters. The molecular weight excluding hydrogens is 314 g/mol. The highest BCUT2D eigenvalue weighted by molar-refractivity contribution is 9.10. The molecule has 0 aliphatic rings. The maximum absolute atomic E-state index is 12.0. The van der Waals surface area contributed by atoms with Gasteiger partial charge in [-0.05, 0) is 43.0 Å². The van der Waals surface area contributed by atoms with E-state index in [4.69, 9.17) is 11.6 Å². The van der Waals surface area contributed by atoms with Crippen LogP contribution in [0.4, 0.5) is 0 Å². The van der Waals surface area contributed by atoms with Gasteiger partial charge in [0.1, 0.15) is 0 Å². The lowest BCUT2D eigenvalue weighted by Crippen LogP contribution is -2.30. The van der Waals surface area contributed by atoms with Gasteiger partial charge in [0.25, 0.3) is 5.91 Å². The maximum atomic E-state index is 12.0. The second-order valence-electron chi connectivity index (χ2n) is 4.90. The van der Waals surface area contributed by atoms with E-state index in [2.05, 4.69) is 35.1 Å². The lowest BCUT2D eigenvalue weighted by Gasteiger charge is -2.13. The molecule has 1 aromatic carbocycles. The molecule has 0 fully saturated rings. The summed E-state index contributed by atoms with van der Waals surface area (Å²) in [5, 5.41) is 2.87. The van der Waals surface area contributed by atoms with Crippen LogP contribution in [0.2, 0.25) is 0 Å². The SMILES string of the molecule is Cc1cc(Br)ccc1C(=O)NCC(Cl)CC(C)C. The zero-order valence-electron chi connectivity index (χ0n) is 11.0. The smallest absolute Gasteiger partial charge is 0.251 e. The molecule has 0 aliphatic carbocycles. The van der Waals surface area contributed by atoms with E-state index in [0.717, 1.165) is 16.5 Å². The summed E-state index contributed by atoms with van der Waals surface area (Å²) < 4.78 is 0.978. The van der Waals surface area contributed by atoms with E-state index in [-0.39, 0.29) is 11.3 Å². The van der Waals surface area contributed by atoms with Crippen LogP contribution >= 0.6 is 27.5 Å². The Bertz CT molecular complexity index is 420. The number of hydrogen-bond acceptors (Lipinski definition) is 1. The molecule has 18 heavy (non-hydrogen) atoms. The summed E-state index contributed by atoms with van der Waals surface area (Å²) in [4.78, 5) is 12.0. The number of rotatable bonds is 5. The third kappa shape index (κ3) is 4.99. The van der Waals surface area contributed by atoms with Gasteiger partial charge in [-0.3, -0.25) is 4.79 Å². The topological polar surface area (TPSA) is 29.1 Å². The molecule has 1 rings (SSSR count). The molecule has 0 saturated carbocycles. The summed E-state index contributed by atoms with van der Waals surface area (Å²) in [5.41, 5.74) is 1.66. The minimum atomic E-state index is -0.0607. The molecule has 4 heteroatoms. The van der Waals surface area contributed by atoms with Crippen molar-refractivity contribution in [1.82, 2.24) is 5.32 Å². The molecule has 2 nitrogen and oxygen atoms in total. The van der Waals surface area contributed by atoms with Gasteiger partial charge in [-0.2, -0.15) is 0 Å². The van der Waals surface area contributed by atoms with E-state index in [1.807, 2.05) is 25.1 Å². The molecule has 0 saturated heterocycles. The van der Waals surface area contributed by atoms with Gasteiger partial charge < -0.3 is 5.32 Å². The number of aryl methyl sites for hydroxylation is 1. The number of amides is 1. The molecule has 100 valence electrons. The minimum Gasteiger partial charge on any atom is -0.351 e. The van der Waals surface area contributed by atoms with Crippen molar-refractivity contribution in [3.8, 4) is 0 Å².